The molecule has 108 valence electrons. The lowest BCUT2D eigenvalue weighted by atomic mass is 10.1. The van der Waals surface area contributed by atoms with Crippen molar-refractivity contribution in [3.05, 3.63) is 30.0 Å². The number of aromatic carboxylic acids is 1. The molecular weight excluding hydrogens is 305 g/mol. The Balaban J connectivity index is 2.58. The summed E-state index contributed by atoms with van der Waals surface area (Å²) < 4.78 is 67.2. The monoisotopic (exact) mass is 310 g/mol. The molecular formula is C10H5F3O6S. The van der Waals surface area contributed by atoms with E-state index in [1.165, 1.54) is 12.3 Å². The van der Waals surface area contributed by atoms with E-state index in [4.69, 9.17) is 9.52 Å². The number of hydrogen-bond donors (Lipinski definition) is 1. The highest BCUT2D eigenvalue weighted by Gasteiger charge is 2.49. The highest BCUT2D eigenvalue weighted by atomic mass is 32.2. The van der Waals surface area contributed by atoms with Gasteiger partial charge in [0.15, 0.2) is 5.75 Å². The molecule has 0 fully saturated rings. The number of furan rings is 1. The molecule has 0 radical (unpaired) electrons. The SMILES string of the molecule is O=C(O)c1cc2occc2cc1OS(=O)(=O)C(F)(F)F. The van der Waals surface area contributed by atoms with Crippen molar-refractivity contribution in [3.8, 4) is 5.75 Å². The summed E-state index contributed by atoms with van der Waals surface area (Å²) in [7, 11) is -5.95. The van der Waals surface area contributed by atoms with Gasteiger partial charge in [-0.1, -0.05) is 0 Å². The van der Waals surface area contributed by atoms with Crippen molar-refractivity contribution in [1.82, 2.24) is 0 Å². The summed E-state index contributed by atoms with van der Waals surface area (Å²) in [6.45, 7) is 0. The molecule has 0 aliphatic rings. The lowest BCUT2D eigenvalue weighted by Gasteiger charge is -2.11. The molecule has 2 aromatic rings. The summed E-state index contributed by atoms with van der Waals surface area (Å²) in [5, 5.41) is 9.06. The first-order valence-corrected chi connectivity index (χ1v) is 6.28. The average molecular weight is 310 g/mol. The number of alkyl halides is 3. The van der Waals surface area contributed by atoms with Gasteiger partial charge in [0.1, 0.15) is 11.1 Å². The third-order valence-corrected chi connectivity index (χ3v) is 3.23. The summed E-state index contributed by atoms with van der Waals surface area (Å²) in [5.74, 6) is -2.60. The van der Waals surface area contributed by atoms with Crippen LogP contribution in [-0.4, -0.2) is 25.0 Å². The molecule has 10 heteroatoms. The molecule has 0 aliphatic heterocycles. The fraction of sp³-hybridized carbons (Fsp3) is 0.100. The zero-order chi connectivity index (χ0) is 15.1. The number of halogens is 3. The van der Waals surface area contributed by atoms with Crippen molar-refractivity contribution >= 4 is 27.1 Å². The Morgan fingerprint density at radius 1 is 1.30 bits per heavy atom. The minimum Gasteiger partial charge on any atom is -0.478 e. The van der Waals surface area contributed by atoms with Crippen molar-refractivity contribution in [3.63, 3.8) is 0 Å². The molecule has 2 rings (SSSR count). The van der Waals surface area contributed by atoms with Crippen LogP contribution in [0.5, 0.6) is 5.75 Å². The molecule has 0 saturated heterocycles. The van der Waals surface area contributed by atoms with Gasteiger partial charge >= 0.3 is 21.6 Å². The van der Waals surface area contributed by atoms with Crippen molar-refractivity contribution in [2.24, 2.45) is 0 Å². The maximum absolute atomic E-state index is 12.2. The minimum absolute atomic E-state index is 0.0687. The van der Waals surface area contributed by atoms with Crippen LogP contribution in [0.15, 0.2) is 28.9 Å². The van der Waals surface area contributed by atoms with Gasteiger partial charge in [0.05, 0.1) is 6.26 Å². The van der Waals surface area contributed by atoms with Gasteiger partial charge in [-0.05, 0) is 18.2 Å². The molecule has 0 unspecified atom stereocenters. The van der Waals surface area contributed by atoms with Crippen LogP contribution in [0, 0.1) is 0 Å². The number of carbonyl (C=O) groups is 1. The molecule has 0 spiro atoms. The highest BCUT2D eigenvalue weighted by Crippen LogP contribution is 2.32. The topological polar surface area (TPSA) is 93.8 Å². The smallest absolute Gasteiger partial charge is 0.478 e. The zero-order valence-electron chi connectivity index (χ0n) is 9.34. The van der Waals surface area contributed by atoms with Crippen LogP contribution < -0.4 is 4.18 Å². The second-order valence-electron chi connectivity index (χ2n) is 3.60. The van der Waals surface area contributed by atoms with Gasteiger partial charge in [-0.2, -0.15) is 21.6 Å². The average Bonchev–Trinajstić information content (AvgIpc) is 2.72. The highest BCUT2D eigenvalue weighted by molar-refractivity contribution is 7.88. The predicted molar refractivity (Wildman–Crippen MR) is 58.8 cm³/mol. The lowest BCUT2D eigenvalue weighted by Crippen LogP contribution is -2.28. The number of rotatable bonds is 3. The van der Waals surface area contributed by atoms with Crippen molar-refractivity contribution in [2.75, 3.05) is 0 Å². The molecule has 1 aromatic heterocycles. The fourth-order valence-corrected chi connectivity index (χ4v) is 1.86. The van der Waals surface area contributed by atoms with E-state index in [-0.39, 0.29) is 11.0 Å². The number of fused-ring (bicyclic) bond motifs is 1. The first-order valence-electron chi connectivity index (χ1n) is 4.87. The molecule has 0 amide bonds. The Labute approximate surface area is 109 Å². The van der Waals surface area contributed by atoms with E-state index in [0.29, 0.717) is 0 Å². The Bertz CT molecular complexity index is 774. The van der Waals surface area contributed by atoms with E-state index in [0.717, 1.165) is 12.1 Å². The lowest BCUT2D eigenvalue weighted by molar-refractivity contribution is -0.0500. The van der Waals surface area contributed by atoms with Crippen molar-refractivity contribution in [2.45, 2.75) is 5.51 Å². The zero-order valence-corrected chi connectivity index (χ0v) is 10.2. The summed E-state index contributed by atoms with van der Waals surface area (Å²) >= 11 is 0. The predicted octanol–water partition coefficient (Wildman–Crippen LogP) is 2.36. The maximum atomic E-state index is 12.2. The van der Waals surface area contributed by atoms with Crippen LogP contribution in [0.3, 0.4) is 0 Å². The van der Waals surface area contributed by atoms with E-state index in [1.54, 1.807) is 0 Å². The first kappa shape index (κ1) is 14.2. The molecule has 0 atom stereocenters. The number of hydrogen-bond acceptors (Lipinski definition) is 5. The fourth-order valence-electron chi connectivity index (χ4n) is 1.39. The van der Waals surface area contributed by atoms with Gasteiger partial charge < -0.3 is 13.7 Å². The van der Waals surface area contributed by atoms with Gasteiger partial charge in [0.25, 0.3) is 0 Å². The third-order valence-electron chi connectivity index (χ3n) is 2.27. The number of benzene rings is 1. The van der Waals surface area contributed by atoms with E-state index in [9.17, 15) is 26.4 Å². The molecule has 20 heavy (non-hydrogen) atoms. The van der Waals surface area contributed by atoms with Crippen LogP contribution in [0.4, 0.5) is 13.2 Å². The summed E-state index contributed by atoms with van der Waals surface area (Å²) in [6.07, 6.45) is 1.17. The van der Waals surface area contributed by atoms with Crippen LogP contribution in [-0.2, 0) is 10.1 Å². The maximum Gasteiger partial charge on any atom is 0.534 e. The largest absolute Gasteiger partial charge is 0.534 e. The Kier molecular flexibility index (Phi) is 3.12. The number of carboxylic acids is 1. The minimum atomic E-state index is -5.95. The Morgan fingerprint density at radius 3 is 2.50 bits per heavy atom. The van der Waals surface area contributed by atoms with Crippen LogP contribution in [0.2, 0.25) is 0 Å². The van der Waals surface area contributed by atoms with Crippen LogP contribution >= 0.6 is 0 Å². The van der Waals surface area contributed by atoms with E-state index in [2.05, 4.69) is 4.18 Å². The standard InChI is InChI=1S/C10H5F3O6S/c11-10(12,13)20(16,17)19-8-3-5-1-2-18-7(5)4-6(8)9(14)15/h1-4H,(H,14,15). The van der Waals surface area contributed by atoms with Gasteiger partial charge in [-0.25, -0.2) is 4.79 Å². The molecule has 1 N–H and O–H groups in total. The van der Waals surface area contributed by atoms with E-state index < -0.39 is 32.9 Å². The van der Waals surface area contributed by atoms with Gasteiger partial charge in [0.2, 0.25) is 0 Å². The second kappa shape index (κ2) is 4.40. The van der Waals surface area contributed by atoms with Gasteiger partial charge in [0, 0.05) is 5.39 Å². The van der Waals surface area contributed by atoms with Crippen LogP contribution in [0.1, 0.15) is 10.4 Å². The van der Waals surface area contributed by atoms with Crippen molar-refractivity contribution in [1.29, 1.82) is 0 Å². The molecule has 0 bridgehead atoms. The summed E-state index contributed by atoms with van der Waals surface area (Å²) in [4.78, 5) is 10.9. The molecule has 0 saturated carbocycles. The molecule has 0 aliphatic carbocycles. The van der Waals surface area contributed by atoms with E-state index >= 15 is 0 Å². The molecule has 1 aromatic carbocycles. The summed E-state index contributed by atoms with van der Waals surface area (Å²) in [5.41, 5.74) is -6.35. The Hall–Kier alpha value is -2.23. The van der Waals surface area contributed by atoms with Crippen LogP contribution in [0.25, 0.3) is 11.0 Å². The first-order chi connectivity index (χ1) is 9.12. The molecule has 6 nitrogen and oxygen atoms in total. The normalized spacial score (nSPS) is 12.6. The van der Waals surface area contributed by atoms with Gasteiger partial charge in [-0.3, -0.25) is 0 Å². The third kappa shape index (κ3) is 2.41. The summed E-state index contributed by atoms with van der Waals surface area (Å²) in [6, 6.07) is 3.03. The van der Waals surface area contributed by atoms with E-state index in [1.807, 2.05) is 0 Å². The molecule has 1 heterocycles. The number of carboxylic acid groups (broad SMARTS) is 1. The quantitative estimate of drug-likeness (QED) is 0.691. The van der Waals surface area contributed by atoms with Crippen molar-refractivity contribution < 1.29 is 40.1 Å². The second-order valence-corrected chi connectivity index (χ2v) is 5.13. The van der Waals surface area contributed by atoms with Gasteiger partial charge in [-0.15, -0.1) is 0 Å². The Morgan fingerprint density at radius 2 is 1.95 bits per heavy atom.